The Labute approximate surface area is 308 Å². The molecule has 0 amide bonds. The summed E-state index contributed by atoms with van der Waals surface area (Å²) in [5, 5.41) is 0. The van der Waals surface area contributed by atoms with Crippen LogP contribution in [0.15, 0.2) is 12.2 Å². The third kappa shape index (κ3) is 17.6. The van der Waals surface area contributed by atoms with E-state index in [2.05, 4.69) is 37.8 Å². The van der Waals surface area contributed by atoms with Crippen LogP contribution in [0.25, 0.3) is 0 Å². The Morgan fingerprint density at radius 2 is 1.29 bits per heavy atom. The first kappa shape index (κ1) is 42.8. The number of carbonyl (C=O) groups excluding carboxylic acids is 4. The Balaban J connectivity index is 1.35. The van der Waals surface area contributed by atoms with Crippen molar-refractivity contribution in [3.8, 4) is 0 Å². The van der Waals surface area contributed by atoms with Crippen molar-refractivity contribution in [3.05, 3.63) is 12.2 Å². The Morgan fingerprint density at radius 3 is 1.98 bits per heavy atom. The van der Waals surface area contributed by atoms with Gasteiger partial charge in [0.1, 0.15) is 19.8 Å². The molecule has 4 saturated carbocycles. The molecule has 4 bridgehead atoms. The Morgan fingerprint density at radius 1 is 0.667 bits per heavy atom. The van der Waals surface area contributed by atoms with Gasteiger partial charge in [-0.2, -0.15) is 0 Å². The van der Waals surface area contributed by atoms with Gasteiger partial charge < -0.3 is 28.6 Å². The number of hydrogen-bond acceptors (Lipinski definition) is 10. The van der Waals surface area contributed by atoms with Crippen molar-refractivity contribution in [1.29, 1.82) is 0 Å². The number of esters is 3. The number of nitrogens with zero attached hydrogens (tertiary/aromatic N) is 1. The second-order valence-electron chi connectivity index (χ2n) is 15.5. The van der Waals surface area contributed by atoms with Gasteiger partial charge in [-0.15, -0.1) is 0 Å². The lowest BCUT2D eigenvalue weighted by molar-refractivity contribution is -0.152. The fourth-order valence-electron chi connectivity index (χ4n) is 8.51. The van der Waals surface area contributed by atoms with Crippen molar-refractivity contribution in [3.63, 3.8) is 0 Å². The van der Waals surface area contributed by atoms with Crippen molar-refractivity contribution >= 4 is 24.1 Å². The molecular weight excluding hydrogens is 650 g/mol. The molecule has 4 rings (SSSR count). The predicted octanol–water partition coefficient (Wildman–Crippen LogP) is 8.59. The second-order valence-corrected chi connectivity index (χ2v) is 15.5. The van der Waals surface area contributed by atoms with Crippen molar-refractivity contribution in [2.45, 2.75) is 143 Å². The standard InChI is InChI=1S/C41H69NO9/c1-4-7-8-9-10-11-15-22-47-37(43)17-13-12-14-18-38(44)49-30-36(32-51-40(46)48-23-16-21-42(5-2)6-3)31-50-39(45)29-41-20-19-33-24-34(27-41)26-35(25-33)28-41/h10-11,33-36H,4-9,12-32H2,1-3H3/b11-10-. The van der Waals surface area contributed by atoms with Crippen LogP contribution in [0.4, 0.5) is 4.79 Å². The van der Waals surface area contributed by atoms with Crippen molar-refractivity contribution in [2.75, 3.05) is 52.7 Å². The van der Waals surface area contributed by atoms with E-state index in [9.17, 15) is 19.2 Å². The van der Waals surface area contributed by atoms with E-state index >= 15 is 0 Å². The minimum absolute atomic E-state index is 0.00365. The summed E-state index contributed by atoms with van der Waals surface area (Å²) in [6, 6.07) is 0. The summed E-state index contributed by atoms with van der Waals surface area (Å²) in [4.78, 5) is 52.3. The fraction of sp³-hybridized carbons (Fsp3) is 0.854. The van der Waals surface area contributed by atoms with Gasteiger partial charge in [-0.1, -0.05) is 52.2 Å². The van der Waals surface area contributed by atoms with Gasteiger partial charge in [0.2, 0.25) is 0 Å². The highest BCUT2D eigenvalue weighted by atomic mass is 16.7. The lowest BCUT2D eigenvalue weighted by atomic mass is 9.60. The molecule has 10 nitrogen and oxygen atoms in total. The van der Waals surface area contributed by atoms with Crippen LogP contribution < -0.4 is 0 Å². The summed E-state index contributed by atoms with van der Waals surface area (Å²) in [5.74, 6) is 0.994. The molecule has 0 aromatic heterocycles. The van der Waals surface area contributed by atoms with Crippen molar-refractivity contribution in [1.82, 2.24) is 4.90 Å². The molecule has 10 heteroatoms. The summed E-state index contributed by atoms with van der Waals surface area (Å²) >= 11 is 0. The highest BCUT2D eigenvalue weighted by molar-refractivity contribution is 5.71. The molecule has 0 radical (unpaired) electrons. The summed E-state index contributed by atoms with van der Waals surface area (Å²) in [6.07, 6.45) is 21.0. The molecule has 0 aromatic carbocycles. The topological polar surface area (TPSA) is 118 Å². The quantitative estimate of drug-likeness (QED) is 0.0354. The molecule has 51 heavy (non-hydrogen) atoms. The third-order valence-electron chi connectivity index (χ3n) is 11.1. The molecule has 4 fully saturated rings. The zero-order valence-electron chi connectivity index (χ0n) is 32.2. The number of ether oxygens (including phenoxy) is 5. The largest absolute Gasteiger partial charge is 0.508 e. The maximum Gasteiger partial charge on any atom is 0.508 e. The highest BCUT2D eigenvalue weighted by Gasteiger charge is 2.48. The molecule has 4 aliphatic carbocycles. The van der Waals surface area contributed by atoms with E-state index in [4.69, 9.17) is 23.7 Å². The zero-order valence-corrected chi connectivity index (χ0v) is 32.2. The maximum atomic E-state index is 13.2. The molecule has 0 saturated heterocycles. The minimum Gasteiger partial charge on any atom is -0.465 e. The van der Waals surface area contributed by atoms with Gasteiger partial charge in [0.15, 0.2) is 0 Å². The average molecular weight is 720 g/mol. The van der Waals surface area contributed by atoms with E-state index < -0.39 is 12.1 Å². The zero-order chi connectivity index (χ0) is 36.7. The van der Waals surface area contributed by atoms with Crippen LogP contribution in [0, 0.1) is 29.1 Å². The minimum atomic E-state index is -0.779. The maximum absolute atomic E-state index is 13.2. The van der Waals surface area contributed by atoms with E-state index in [0.717, 1.165) is 69.5 Å². The first-order chi connectivity index (χ1) is 24.7. The van der Waals surface area contributed by atoms with Gasteiger partial charge >= 0.3 is 24.1 Å². The number of carbonyl (C=O) groups is 4. The van der Waals surface area contributed by atoms with E-state index in [0.29, 0.717) is 45.1 Å². The lowest BCUT2D eigenvalue weighted by Gasteiger charge is -2.45. The number of allylic oxidation sites excluding steroid dienone is 1. The Hall–Kier alpha value is -2.62. The number of hydrogen-bond donors (Lipinski definition) is 0. The fourth-order valence-corrected chi connectivity index (χ4v) is 8.51. The van der Waals surface area contributed by atoms with Crippen LogP contribution in [0.2, 0.25) is 0 Å². The molecule has 292 valence electrons. The summed E-state index contributed by atoms with van der Waals surface area (Å²) in [6.45, 7) is 9.63. The summed E-state index contributed by atoms with van der Waals surface area (Å²) in [5.41, 5.74) is 0.0466. The molecule has 3 atom stereocenters. The Kier molecular flexibility index (Phi) is 20.6. The van der Waals surface area contributed by atoms with E-state index in [-0.39, 0.29) is 56.2 Å². The molecule has 3 unspecified atom stereocenters. The number of rotatable bonds is 27. The SMILES string of the molecule is CCCCC/C=C\CCOC(=O)CCCCCC(=O)OCC(COC(=O)CC12CCC3CC(CC(C3)C1)C2)COC(=O)OCCCN(CC)CC. The lowest BCUT2D eigenvalue weighted by Crippen LogP contribution is -2.36. The van der Waals surface area contributed by atoms with Gasteiger partial charge in [0.25, 0.3) is 0 Å². The van der Waals surface area contributed by atoms with E-state index in [1.807, 2.05) is 0 Å². The van der Waals surface area contributed by atoms with Gasteiger partial charge in [0.05, 0.1) is 25.6 Å². The normalized spacial score (nSPS) is 22.9. The monoisotopic (exact) mass is 719 g/mol. The van der Waals surface area contributed by atoms with Gasteiger partial charge in [-0.25, -0.2) is 4.79 Å². The number of unbranched alkanes of at least 4 members (excludes halogenated alkanes) is 5. The first-order valence-corrected chi connectivity index (χ1v) is 20.4. The third-order valence-corrected chi connectivity index (χ3v) is 11.1. The van der Waals surface area contributed by atoms with Crippen LogP contribution >= 0.6 is 0 Å². The number of fused-ring (bicyclic) bond motifs is 1. The second kappa shape index (κ2) is 24.6. The molecule has 0 aliphatic heterocycles. The van der Waals surface area contributed by atoms with Gasteiger partial charge in [-0.05, 0) is 120 Å². The van der Waals surface area contributed by atoms with Crippen LogP contribution in [0.5, 0.6) is 0 Å². The first-order valence-electron chi connectivity index (χ1n) is 20.4. The molecule has 0 aromatic rings. The summed E-state index contributed by atoms with van der Waals surface area (Å²) in [7, 11) is 0. The van der Waals surface area contributed by atoms with Crippen molar-refractivity contribution < 1.29 is 42.9 Å². The van der Waals surface area contributed by atoms with Crippen LogP contribution in [0.1, 0.15) is 143 Å². The van der Waals surface area contributed by atoms with Gasteiger partial charge in [-0.3, -0.25) is 14.4 Å². The highest BCUT2D eigenvalue weighted by Crippen LogP contribution is 2.58. The van der Waals surface area contributed by atoms with Crippen molar-refractivity contribution in [2.24, 2.45) is 29.1 Å². The molecule has 0 N–H and O–H groups in total. The molecular formula is C41H69NO9. The van der Waals surface area contributed by atoms with E-state index in [1.165, 1.54) is 44.9 Å². The average Bonchev–Trinajstić information content (AvgIpc) is 3.31. The molecule has 0 heterocycles. The smallest absolute Gasteiger partial charge is 0.465 e. The molecule has 0 spiro atoms. The summed E-state index contributed by atoms with van der Waals surface area (Å²) < 4.78 is 27.2. The molecule has 4 aliphatic rings. The predicted molar refractivity (Wildman–Crippen MR) is 197 cm³/mol. The van der Waals surface area contributed by atoms with Gasteiger partial charge in [0, 0.05) is 19.4 Å². The van der Waals surface area contributed by atoms with Crippen LogP contribution in [0.3, 0.4) is 0 Å². The van der Waals surface area contributed by atoms with E-state index in [1.54, 1.807) is 0 Å². The van der Waals surface area contributed by atoms with Crippen LogP contribution in [-0.2, 0) is 38.1 Å². The van der Waals surface area contributed by atoms with Crippen LogP contribution in [-0.4, -0.2) is 81.6 Å². The Bertz CT molecular complexity index is 1040.